The standard InChI is InChI=1S/C11H18N2O/c1-11(2,3)5-7-13-6-4-10(14)9(12)8-13/h4,6,8H,5,7,12H2,1-3H3. The van der Waals surface area contributed by atoms with Crippen molar-refractivity contribution in [2.45, 2.75) is 33.7 Å². The van der Waals surface area contributed by atoms with Crippen LogP contribution in [0.3, 0.4) is 0 Å². The second-order valence-corrected chi connectivity index (χ2v) is 4.81. The van der Waals surface area contributed by atoms with E-state index in [9.17, 15) is 4.79 Å². The predicted molar refractivity (Wildman–Crippen MR) is 59.2 cm³/mol. The molecule has 78 valence electrons. The first-order chi connectivity index (χ1) is 6.38. The number of rotatable bonds is 2. The Kier molecular flexibility index (Phi) is 2.99. The maximum absolute atomic E-state index is 11.0. The molecule has 1 aromatic heterocycles. The fraction of sp³-hybridized carbons (Fsp3) is 0.545. The molecule has 0 amide bonds. The van der Waals surface area contributed by atoms with E-state index in [1.807, 2.05) is 4.57 Å². The summed E-state index contributed by atoms with van der Waals surface area (Å²) in [7, 11) is 0. The van der Waals surface area contributed by atoms with Gasteiger partial charge >= 0.3 is 0 Å². The lowest BCUT2D eigenvalue weighted by Crippen LogP contribution is -2.14. The van der Waals surface area contributed by atoms with Crippen molar-refractivity contribution < 1.29 is 0 Å². The first-order valence-corrected chi connectivity index (χ1v) is 4.84. The van der Waals surface area contributed by atoms with Crippen molar-refractivity contribution in [2.24, 2.45) is 5.41 Å². The Morgan fingerprint density at radius 2 is 2.07 bits per heavy atom. The van der Waals surface area contributed by atoms with Crippen molar-refractivity contribution in [1.29, 1.82) is 0 Å². The summed E-state index contributed by atoms with van der Waals surface area (Å²) in [5, 5.41) is 0. The van der Waals surface area contributed by atoms with Crippen LogP contribution in [0, 0.1) is 5.41 Å². The molecule has 0 aliphatic heterocycles. The summed E-state index contributed by atoms with van der Waals surface area (Å²) in [5.41, 5.74) is 6.05. The number of pyridine rings is 1. The summed E-state index contributed by atoms with van der Waals surface area (Å²) < 4.78 is 1.96. The van der Waals surface area contributed by atoms with Gasteiger partial charge in [-0.25, -0.2) is 0 Å². The van der Waals surface area contributed by atoms with Gasteiger partial charge in [0, 0.05) is 25.0 Å². The van der Waals surface area contributed by atoms with Gasteiger partial charge in [-0.2, -0.15) is 0 Å². The molecule has 0 atom stereocenters. The topological polar surface area (TPSA) is 48.0 Å². The Hall–Kier alpha value is -1.25. The summed E-state index contributed by atoms with van der Waals surface area (Å²) in [5.74, 6) is 0. The van der Waals surface area contributed by atoms with Crippen molar-refractivity contribution in [2.75, 3.05) is 5.73 Å². The van der Waals surface area contributed by atoms with Gasteiger partial charge in [0.2, 0.25) is 5.43 Å². The zero-order valence-electron chi connectivity index (χ0n) is 9.08. The van der Waals surface area contributed by atoms with Crippen LogP contribution in [-0.2, 0) is 6.54 Å². The van der Waals surface area contributed by atoms with E-state index >= 15 is 0 Å². The molecule has 0 fully saturated rings. The third-order valence-electron chi connectivity index (χ3n) is 2.13. The molecular formula is C11H18N2O. The predicted octanol–water partition coefficient (Wildman–Crippen LogP) is 1.87. The van der Waals surface area contributed by atoms with E-state index in [0.717, 1.165) is 13.0 Å². The van der Waals surface area contributed by atoms with Gasteiger partial charge in [-0.3, -0.25) is 4.79 Å². The zero-order valence-corrected chi connectivity index (χ0v) is 9.08. The maximum Gasteiger partial charge on any atom is 0.204 e. The number of hydrogen-bond acceptors (Lipinski definition) is 2. The minimum Gasteiger partial charge on any atom is -0.394 e. The fourth-order valence-corrected chi connectivity index (χ4v) is 1.15. The first kappa shape index (κ1) is 10.8. The molecule has 3 heteroatoms. The van der Waals surface area contributed by atoms with Crippen LogP contribution >= 0.6 is 0 Å². The Balaban J connectivity index is 2.70. The molecule has 0 aromatic carbocycles. The second kappa shape index (κ2) is 3.86. The van der Waals surface area contributed by atoms with Gasteiger partial charge in [0.05, 0.1) is 5.69 Å². The lowest BCUT2D eigenvalue weighted by molar-refractivity contribution is 0.350. The third kappa shape index (κ3) is 3.24. The van der Waals surface area contributed by atoms with E-state index in [4.69, 9.17) is 5.73 Å². The Labute approximate surface area is 84.6 Å². The average molecular weight is 194 g/mol. The lowest BCUT2D eigenvalue weighted by atomic mass is 9.92. The molecule has 0 radical (unpaired) electrons. The van der Waals surface area contributed by atoms with Crippen LogP contribution in [0.1, 0.15) is 27.2 Å². The summed E-state index contributed by atoms with van der Waals surface area (Å²) in [6.07, 6.45) is 4.55. The number of aromatic nitrogens is 1. The lowest BCUT2D eigenvalue weighted by Gasteiger charge is -2.18. The van der Waals surface area contributed by atoms with Gasteiger partial charge < -0.3 is 10.3 Å². The molecule has 3 nitrogen and oxygen atoms in total. The quantitative estimate of drug-likeness (QED) is 0.781. The van der Waals surface area contributed by atoms with Crippen molar-refractivity contribution in [3.8, 4) is 0 Å². The molecule has 1 rings (SSSR count). The Morgan fingerprint density at radius 3 is 2.57 bits per heavy atom. The SMILES string of the molecule is CC(C)(C)CCn1ccc(=O)c(N)c1. The molecular weight excluding hydrogens is 176 g/mol. The van der Waals surface area contributed by atoms with E-state index in [1.54, 1.807) is 12.4 Å². The van der Waals surface area contributed by atoms with Gasteiger partial charge in [0.1, 0.15) is 0 Å². The third-order valence-corrected chi connectivity index (χ3v) is 2.13. The highest BCUT2D eigenvalue weighted by Crippen LogP contribution is 2.19. The van der Waals surface area contributed by atoms with Gasteiger partial charge in [0.15, 0.2) is 0 Å². The molecule has 0 bridgehead atoms. The van der Waals surface area contributed by atoms with Crippen molar-refractivity contribution in [1.82, 2.24) is 4.57 Å². The molecule has 2 N–H and O–H groups in total. The van der Waals surface area contributed by atoms with Crippen LogP contribution in [0.5, 0.6) is 0 Å². The molecule has 0 spiro atoms. The maximum atomic E-state index is 11.0. The highest BCUT2D eigenvalue weighted by molar-refractivity contribution is 5.33. The van der Waals surface area contributed by atoms with Gasteiger partial charge in [0.25, 0.3) is 0 Å². The molecule has 0 aliphatic carbocycles. The molecule has 0 aliphatic rings. The van der Waals surface area contributed by atoms with Crippen molar-refractivity contribution in [3.63, 3.8) is 0 Å². The molecule has 0 unspecified atom stereocenters. The van der Waals surface area contributed by atoms with Crippen LogP contribution in [0.2, 0.25) is 0 Å². The molecule has 14 heavy (non-hydrogen) atoms. The van der Waals surface area contributed by atoms with E-state index in [-0.39, 0.29) is 5.43 Å². The molecule has 1 aromatic rings. The summed E-state index contributed by atoms with van der Waals surface area (Å²) in [6, 6.07) is 1.51. The van der Waals surface area contributed by atoms with Gasteiger partial charge in [-0.1, -0.05) is 20.8 Å². The van der Waals surface area contributed by atoms with E-state index in [0.29, 0.717) is 11.1 Å². The minimum absolute atomic E-state index is 0.1000. The number of anilines is 1. The normalized spacial score (nSPS) is 11.6. The van der Waals surface area contributed by atoms with Gasteiger partial charge in [-0.15, -0.1) is 0 Å². The van der Waals surface area contributed by atoms with Crippen LogP contribution in [0.4, 0.5) is 5.69 Å². The largest absolute Gasteiger partial charge is 0.394 e. The van der Waals surface area contributed by atoms with E-state index in [1.165, 1.54) is 6.07 Å². The van der Waals surface area contributed by atoms with Crippen LogP contribution < -0.4 is 11.2 Å². The average Bonchev–Trinajstić information content (AvgIpc) is 2.06. The highest BCUT2D eigenvalue weighted by atomic mass is 16.1. The van der Waals surface area contributed by atoms with Crippen LogP contribution in [-0.4, -0.2) is 4.57 Å². The highest BCUT2D eigenvalue weighted by Gasteiger charge is 2.09. The number of nitrogens with zero attached hydrogens (tertiary/aromatic N) is 1. The second-order valence-electron chi connectivity index (χ2n) is 4.81. The first-order valence-electron chi connectivity index (χ1n) is 4.84. The summed E-state index contributed by atoms with van der Waals surface area (Å²) in [4.78, 5) is 11.0. The van der Waals surface area contributed by atoms with Crippen molar-refractivity contribution in [3.05, 3.63) is 28.7 Å². The van der Waals surface area contributed by atoms with E-state index < -0.39 is 0 Å². The van der Waals surface area contributed by atoms with Crippen molar-refractivity contribution >= 4 is 5.69 Å². The fourth-order valence-electron chi connectivity index (χ4n) is 1.15. The number of hydrogen-bond donors (Lipinski definition) is 1. The van der Waals surface area contributed by atoms with Crippen LogP contribution in [0.15, 0.2) is 23.3 Å². The van der Waals surface area contributed by atoms with Gasteiger partial charge in [-0.05, 0) is 11.8 Å². The van der Waals surface area contributed by atoms with Crippen LogP contribution in [0.25, 0.3) is 0 Å². The molecule has 0 saturated carbocycles. The molecule has 1 heterocycles. The zero-order chi connectivity index (χ0) is 10.8. The summed E-state index contributed by atoms with van der Waals surface area (Å²) >= 11 is 0. The number of nitrogen functional groups attached to an aromatic ring is 1. The smallest absolute Gasteiger partial charge is 0.204 e. The number of aryl methyl sites for hydroxylation is 1. The number of nitrogens with two attached hydrogens (primary N) is 1. The Morgan fingerprint density at radius 1 is 1.43 bits per heavy atom. The summed E-state index contributed by atoms with van der Waals surface area (Å²) in [6.45, 7) is 7.48. The van der Waals surface area contributed by atoms with E-state index in [2.05, 4.69) is 20.8 Å². The monoisotopic (exact) mass is 194 g/mol. The Bertz CT molecular complexity index is 360. The minimum atomic E-state index is -0.1000. The molecule has 0 saturated heterocycles.